The molecule has 0 amide bonds. The van der Waals surface area contributed by atoms with Crippen LogP contribution in [0.15, 0.2) is 47.5 Å². The maximum Gasteiger partial charge on any atom is 0.191 e. The van der Waals surface area contributed by atoms with Gasteiger partial charge in [-0.15, -0.1) is 0 Å². The molecule has 0 aromatic heterocycles. The molecule has 2 aromatic rings. The first-order chi connectivity index (χ1) is 12.7. The molecule has 2 aromatic carbocycles. The first-order valence-electron chi connectivity index (χ1n) is 8.56. The number of guanidine groups is 1. The van der Waals surface area contributed by atoms with E-state index in [4.69, 9.17) is 14.2 Å². The highest BCUT2D eigenvalue weighted by Crippen LogP contribution is 2.30. The number of ether oxygens (including phenoxy) is 3. The van der Waals surface area contributed by atoms with Gasteiger partial charge >= 0.3 is 0 Å². The van der Waals surface area contributed by atoms with Gasteiger partial charge in [-0.25, -0.2) is 4.99 Å². The molecule has 0 bridgehead atoms. The van der Waals surface area contributed by atoms with Gasteiger partial charge in [0.05, 0.1) is 27.9 Å². The number of hydrogen-bond donors (Lipinski definition) is 2. The first-order valence-corrected chi connectivity index (χ1v) is 8.56. The van der Waals surface area contributed by atoms with Crippen LogP contribution in [0.4, 0.5) is 0 Å². The van der Waals surface area contributed by atoms with Gasteiger partial charge in [0.1, 0.15) is 5.75 Å². The highest BCUT2D eigenvalue weighted by atomic mass is 16.5. The molecule has 0 spiro atoms. The van der Waals surface area contributed by atoms with Crippen molar-refractivity contribution in [3.63, 3.8) is 0 Å². The third kappa shape index (κ3) is 5.31. The molecule has 0 saturated carbocycles. The number of benzene rings is 2. The topological polar surface area (TPSA) is 64.1 Å². The zero-order chi connectivity index (χ0) is 18.8. The minimum Gasteiger partial charge on any atom is -0.497 e. The van der Waals surface area contributed by atoms with E-state index in [9.17, 15) is 0 Å². The van der Waals surface area contributed by atoms with Gasteiger partial charge in [0.15, 0.2) is 17.5 Å². The number of nitrogens with zero attached hydrogens (tertiary/aromatic N) is 1. The molecule has 0 aliphatic carbocycles. The van der Waals surface area contributed by atoms with Gasteiger partial charge < -0.3 is 24.8 Å². The number of para-hydroxylation sites is 1. The smallest absolute Gasteiger partial charge is 0.191 e. The van der Waals surface area contributed by atoms with E-state index in [-0.39, 0.29) is 0 Å². The molecule has 0 unspecified atom stereocenters. The van der Waals surface area contributed by atoms with E-state index in [1.54, 1.807) is 21.3 Å². The van der Waals surface area contributed by atoms with Crippen molar-refractivity contribution in [2.75, 3.05) is 27.9 Å². The Kier molecular flexibility index (Phi) is 7.61. The average Bonchev–Trinajstić information content (AvgIpc) is 2.69. The van der Waals surface area contributed by atoms with E-state index in [2.05, 4.69) is 15.6 Å². The van der Waals surface area contributed by atoms with Crippen LogP contribution in [0, 0.1) is 0 Å². The lowest BCUT2D eigenvalue weighted by molar-refractivity contribution is 0.351. The summed E-state index contributed by atoms with van der Waals surface area (Å²) >= 11 is 0. The van der Waals surface area contributed by atoms with Crippen LogP contribution in [0.5, 0.6) is 17.2 Å². The Labute approximate surface area is 155 Å². The standard InChI is InChI=1S/C20H27N3O3/c1-5-21-20(22-13-15-8-6-10-17(12-15)24-2)23-14-16-9-7-11-18(25-3)19(16)26-4/h6-12H,5,13-14H2,1-4H3,(H2,21,22,23). The zero-order valence-corrected chi connectivity index (χ0v) is 15.8. The maximum atomic E-state index is 5.48. The van der Waals surface area contributed by atoms with Crippen molar-refractivity contribution in [2.45, 2.75) is 20.0 Å². The number of nitrogens with one attached hydrogen (secondary N) is 2. The molecule has 2 rings (SSSR count). The SMILES string of the molecule is CCNC(=NCc1cccc(OC)c1)NCc1cccc(OC)c1OC. The van der Waals surface area contributed by atoms with Crippen LogP contribution in [0.3, 0.4) is 0 Å². The van der Waals surface area contributed by atoms with Crippen molar-refractivity contribution in [1.29, 1.82) is 0 Å². The van der Waals surface area contributed by atoms with E-state index >= 15 is 0 Å². The number of aliphatic imine (C=N–C) groups is 1. The molecule has 0 aliphatic rings. The van der Waals surface area contributed by atoms with E-state index < -0.39 is 0 Å². The van der Waals surface area contributed by atoms with Crippen molar-refractivity contribution in [2.24, 2.45) is 4.99 Å². The predicted octanol–water partition coefficient (Wildman–Crippen LogP) is 2.97. The van der Waals surface area contributed by atoms with Crippen molar-refractivity contribution >= 4 is 5.96 Å². The van der Waals surface area contributed by atoms with Crippen LogP contribution in [0.2, 0.25) is 0 Å². The molecule has 0 heterocycles. The summed E-state index contributed by atoms with van der Waals surface area (Å²) in [7, 11) is 4.94. The van der Waals surface area contributed by atoms with Crippen molar-refractivity contribution in [1.82, 2.24) is 10.6 Å². The second kappa shape index (κ2) is 10.2. The van der Waals surface area contributed by atoms with E-state index in [0.29, 0.717) is 18.8 Å². The van der Waals surface area contributed by atoms with Crippen molar-refractivity contribution in [3.8, 4) is 17.2 Å². The quantitative estimate of drug-likeness (QED) is 0.562. The molecule has 6 nitrogen and oxygen atoms in total. The van der Waals surface area contributed by atoms with Crippen molar-refractivity contribution in [3.05, 3.63) is 53.6 Å². The third-order valence-corrected chi connectivity index (χ3v) is 3.83. The largest absolute Gasteiger partial charge is 0.497 e. The van der Waals surface area contributed by atoms with Crippen LogP contribution in [0.1, 0.15) is 18.1 Å². The minimum absolute atomic E-state index is 0.557. The molecule has 6 heteroatoms. The second-order valence-electron chi connectivity index (χ2n) is 5.55. The summed E-state index contributed by atoms with van der Waals surface area (Å²) in [4.78, 5) is 4.64. The fourth-order valence-electron chi connectivity index (χ4n) is 2.55. The summed E-state index contributed by atoms with van der Waals surface area (Å²) in [6.45, 7) is 3.94. The Morgan fingerprint density at radius 1 is 0.962 bits per heavy atom. The summed E-state index contributed by atoms with van der Waals surface area (Å²) in [5, 5.41) is 6.59. The third-order valence-electron chi connectivity index (χ3n) is 3.83. The minimum atomic E-state index is 0.557. The second-order valence-corrected chi connectivity index (χ2v) is 5.55. The number of methoxy groups -OCH3 is 3. The summed E-state index contributed by atoms with van der Waals surface area (Å²) in [5.74, 6) is 3.01. The average molecular weight is 357 g/mol. The Balaban J connectivity index is 2.08. The monoisotopic (exact) mass is 357 g/mol. The fourth-order valence-corrected chi connectivity index (χ4v) is 2.55. The summed E-state index contributed by atoms with van der Waals surface area (Å²) < 4.78 is 16.1. The summed E-state index contributed by atoms with van der Waals surface area (Å²) in [6.07, 6.45) is 0. The molecular weight excluding hydrogens is 330 g/mol. The van der Waals surface area contributed by atoms with Gasteiger partial charge in [0.2, 0.25) is 0 Å². The van der Waals surface area contributed by atoms with Crippen LogP contribution in [0.25, 0.3) is 0 Å². The molecule has 0 radical (unpaired) electrons. The van der Waals surface area contributed by atoms with E-state index in [1.165, 1.54) is 0 Å². The predicted molar refractivity (Wildman–Crippen MR) is 104 cm³/mol. The molecule has 0 saturated heterocycles. The van der Waals surface area contributed by atoms with Gasteiger partial charge in [0.25, 0.3) is 0 Å². The normalized spacial score (nSPS) is 11.0. The maximum absolute atomic E-state index is 5.48. The van der Waals surface area contributed by atoms with Gasteiger partial charge in [-0.05, 0) is 30.7 Å². The Hall–Kier alpha value is -2.89. The lowest BCUT2D eigenvalue weighted by Gasteiger charge is -2.15. The van der Waals surface area contributed by atoms with Gasteiger partial charge in [-0.3, -0.25) is 0 Å². The molecule has 0 fully saturated rings. The van der Waals surface area contributed by atoms with Crippen LogP contribution >= 0.6 is 0 Å². The first kappa shape index (κ1) is 19.4. The van der Waals surface area contributed by atoms with Crippen LogP contribution < -0.4 is 24.8 Å². The van der Waals surface area contributed by atoms with Crippen LogP contribution in [-0.2, 0) is 13.1 Å². The van der Waals surface area contributed by atoms with E-state index in [0.717, 1.165) is 35.1 Å². The summed E-state index contributed by atoms with van der Waals surface area (Å²) in [5.41, 5.74) is 2.08. The molecule has 0 aliphatic heterocycles. The van der Waals surface area contributed by atoms with Gasteiger partial charge in [0, 0.05) is 18.7 Å². The summed E-state index contributed by atoms with van der Waals surface area (Å²) in [6, 6.07) is 13.7. The Bertz CT molecular complexity index is 732. The van der Waals surface area contributed by atoms with Crippen molar-refractivity contribution < 1.29 is 14.2 Å². The Morgan fingerprint density at radius 3 is 2.46 bits per heavy atom. The Morgan fingerprint density at radius 2 is 1.77 bits per heavy atom. The van der Waals surface area contributed by atoms with Gasteiger partial charge in [-0.2, -0.15) is 0 Å². The fraction of sp³-hybridized carbons (Fsp3) is 0.350. The molecule has 26 heavy (non-hydrogen) atoms. The molecule has 140 valence electrons. The number of rotatable bonds is 8. The van der Waals surface area contributed by atoms with Gasteiger partial charge in [-0.1, -0.05) is 24.3 Å². The van der Waals surface area contributed by atoms with E-state index in [1.807, 2.05) is 49.4 Å². The molecule has 2 N–H and O–H groups in total. The number of hydrogen-bond acceptors (Lipinski definition) is 4. The van der Waals surface area contributed by atoms with Crippen LogP contribution in [-0.4, -0.2) is 33.8 Å². The molecule has 0 atom stereocenters. The lowest BCUT2D eigenvalue weighted by atomic mass is 10.2. The highest BCUT2D eigenvalue weighted by molar-refractivity contribution is 5.79. The molecular formula is C20H27N3O3. The lowest BCUT2D eigenvalue weighted by Crippen LogP contribution is -2.36. The zero-order valence-electron chi connectivity index (χ0n) is 15.8. The highest BCUT2D eigenvalue weighted by Gasteiger charge is 2.09.